The molecule has 0 bridgehead atoms. The minimum absolute atomic E-state index is 0.0437. The standard InChI is InChI=1S/C14H15N3O2/c1-19-13-12(16-8-17-14(13)18)10-6-2-4-9-5-3-7-15-11(9)10/h3,5,7-8,10H,2,4,6H2,1H3,(H,16,17,18). The van der Waals surface area contributed by atoms with Crippen molar-refractivity contribution >= 4 is 0 Å². The molecule has 1 aliphatic carbocycles. The van der Waals surface area contributed by atoms with E-state index in [2.05, 4.69) is 21.0 Å². The number of aromatic amines is 1. The number of methoxy groups -OCH3 is 1. The maximum atomic E-state index is 11.8. The molecule has 0 fully saturated rings. The lowest BCUT2D eigenvalue weighted by molar-refractivity contribution is 0.393. The summed E-state index contributed by atoms with van der Waals surface area (Å²) in [5.74, 6) is 0.341. The van der Waals surface area contributed by atoms with Crippen LogP contribution in [0.2, 0.25) is 0 Å². The largest absolute Gasteiger partial charge is 0.490 e. The number of aromatic nitrogens is 3. The second kappa shape index (κ2) is 4.84. The number of nitrogens with zero attached hydrogens (tertiary/aromatic N) is 2. The van der Waals surface area contributed by atoms with Crippen molar-refractivity contribution in [1.82, 2.24) is 15.0 Å². The van der Waals surface area contributed by atoms with Crippen molar-refractivity contribution in [2.45, 2.75) is 25.2 Å². The van der Waals surface area contributed by atoms with Crippen LogP contribution in [0, 0.1) is 0 Å². The zero-order valence-electron chi connectivity index (χ0n) is 10.7. The van der Waals surface area contributed by atoms with Crippen molar-refractivity contribution in [3.05, 3.63) is 52.0 Å². The quantitative estimate of drug-likeness (QED) is 0.888. The number of hydrogen-bond acceptors (Lipinski definition) is 4. The summed E-state index contributed by atoms with van der Waals surface area (Å²) in [5, 5.41) is 0. The molecule has 1 atom stereocenters. The molecule has 1 unspecified atom stereocenters. The van der Waals surface area contributed by atoms with Crippen LogP contribution in [0.15, 0.2) is 29.5 Å². The SMILES string of the molecule is COc1c(C2CCCc3cccnc32)nc[nH]c1=O. The Morgan fingerprint density at radius 3 is 3.11 bits per heavy atom. The fourth-order valence-corrected chi connectivity index (χ4v) is 2.72. The second-order valence-corrected chi connectivity index (χ2v) is 4.64. The van der Waals surface area contributed by atoms with Gasteiger partial charge in [-0.1, -0.05) is 6.07 Å². The van der Waals surface area contributed by atoms with Crippen LogP contribution >= 0.6 is 0 Å². The van der Waals surface area contributed by atoms with Gasteiger partial charge in [0.15, 0.2) is 0 Å². The van der Waals surface area contributed by atoms with E-state index in [1.54, 1.807) is 6.20 Å². The average Bonchev–Trinajstić information content (AvgIpc) is 2.46. The Kier molecular flexibility index (Phi) is 3.03. The first kappa shape index (κ1) is 11.9. The molecule has 2 aromatic rings. The van der Waals surface area contributed by atoms with Crippen molar-refractivity contribution in [2.24, 2.45) is 0 Å². The highest BCUT2D eigenvalue weighted by molar-refractivity contribution is 5.38. The monoisotopic (exact) mass is 257 g/mol. The first-order valence-electron chi connectivity index (χ1n) is 6.36. The Hall–Kier alpha value is -2.17. The van der Waals surface area contributed by atoms with Gasteiger partial charge in [-0.2, -0.15) is 0 Å². The molecule has 0 radical (unpaired) electrons. The van der Waals surface area contributed by atoms with E-state index < -0.39 is 0 Å². The average molecular weight is 257 g/mol. The van der Waals surface area contributed by atoms with Gasteiger partial charge in [-0.25, -0.2) is 4.98 Å². The molecule has 1 aliphatic rings. The van der Waals surface area contributed by atoms with Gasteiger partial charge in [0.25, 0.3) is 5.56 Å². The molecule has 0 amide bonds. The molecule has 3 rings (SSSR count). The maximum Gasteiger partial charge on any atom is 0.293 e. The fraction of sp³-hybridized carbons (Fsp3) is 0.357. The zero-order chi connectivity index (χ0) is 13.2. The van der Waals surface area contributed by atoms with Crippen LogP contribution in [-0.2, 0) is 6.42 Å². The van der Waals surface area contributed by atoms with Crippen LogP contribution in [0.4, 0.5) is 0 Å². The Balaban J connectivity index is 2.14. The van der Waals surface area contributed by atoms with Crippen molar-refractivity contribution in [3.63, 3.8) is 0 Å². The van der Waals surface area contributed by atoms with Gasteiger partial charge in [-0.15, -0.1) is 0 Å². The molecule has 0 saturated carbocycles. The highest BCUT2D eigenvalue weighted by Crippen LogP contribution is 2.36. The van der Waals surface area contributed by atoms with Gasteiger partial charge in [-0.3, -0.25) is 9.78 Å². The number of rotatable bonds is 2. The summed E-state index contributed by atoms with van der Waals surface area (Å²) in [6.07, 6.45) is 6.26. The molecule has 98 valence electrons. The Morgan fingerprint density at radius 1 is 1.37 bits per heavy atom. The van der Waals surface area contributed by atoms with Crippen LogP contribution < -0.4 is 10.3 Å². The minimum Gasteiger partial charge on any atom is -0.490 e. The lowest BCUT2D eigenvalue weighted by Crippen LogP contribution is -2.19. The number of fused-ring (bicyclic) bond motifs is 1. The van der Waals surface area contributed by atoms with E-state index in [1.807, 2.05) is 6.07 Å². The summed E-state index contributed by atoms with van der Waals surface area (Å²) >= 11 is 0. The topological polar surface area (TPSA) is 67.9 Å². The summed E-state index contributed by atoms with van der Waals surface area (Å²) < 4.78 is 5.21. The lowest BCUT2D eigenvalue weighted by atomic mass is 9.84. The minimum atomic E-state index is -0.240. The third kappa shape index (κ3) is 2.01. The predicted octanol–water partition coefficient (Wildman–Crippen LogP) is 1.64. The summed E-state index contributed by atoms with van der Waals surface area (Å²) in [6.45, 7) is 0. The third-order valence-electron chi connectivity index (χ3n) is 3.57. The highest BCUT2D eigenvalue weighted by Gasteiger charge is 2.27. The second-order valence-electron chi connectivity index (χ2n) is 4.64. The van der Waals surface area contributed by atoms with E-state index in [-0.39, 0.29) is 11.5 Å². The molecule has 0 aromatic carbocycles. The van der Waals surface area contributed by atoms with Gasteiger partial charge < -0.3 is 9.72 Å². The van der Waals surface area contributed by atoms with Gasteiger partial charge in [0, 0.05) is 12.1 Å². The summed E-state index contributed by atoms with van der Waals surface area (Å²) in [7, 11) is 1.50. The molecule has 0 spiro atoms. The smallest absolute Gasteiger partial charge is 0.293 e. The van der Waals surface area contributed by atoms with Crippen LogP contribution in [0.3, 0.4) is 0 Å². The highest BCUT2D eigenvalue weighted by atomic mass is 16.5. The molecule has 5 nitrogen and oxygen atoms in total. The first-order chi connectivity index (χ1) is 9.31. The Labute approximate surface area is 110 Å². The molecule has 2 aromatic heterocycles. The van der Waals surface area contributed by atoms with Gasteiger partial charge in [0.05, 0.1) is 24.8 Å². The molecule has 0 aliphatic heterocycles. The number of pyridine rings is 1. The zero-order valence-corrected chi connectivity index (χ0v) is 10.7. The van der Waals surface area contributed by atoms with Crippen molar-refractivity contribution < 1.29 is 4.74 Å². The van der Waals surface area contributed by atoms with Crippen LogP contribution in [0.1, 0.15) is 35.7 Å². The van der Waals surface area contributed by atoms with Gasteiger partial charge in [0.2, 0.25) is 5.75 Å². The molecular weight excluding hydrogens is 242 g/mol. The van der Waals surface area contributed by atoms with E-state index in [4.69, 9.17) is 4.74 Å². The maximum absolute atomic E-state index is 11.8. The van der Waals surface area contributed by atoms with Crippen LogP contribution in [0.25, 0.3) is 0 Å². The van der Waals surface area contributed by atoms with Crippen molar-refractivity contribution in [1.29, 1.82) is 0 Å². The van der Waals surface area contributed by atoms with E-state index in [9.17, 15) is 4.79 Å². The van der Waals surface area contributed by atoms with E-state index in [1.165, 1.54) is 19.0 Å². The first-order valence-corrected chi connectivity index (χ1v) is 6.36. The van der Waals surface area contributed by atoms with E-state index in [0.29, 0.717) is 11.4 Å². The van der Waals surface area contributed by atoms with Crippen molar-refractivity contribution in [2.75, 3.05) is 7.11 Å². The fourth-order valence-electron chi connectivity index (χ4n) is 2.72. The Morgan fingerprint density at radius 2 is 2.26 bits per heavy atom. The van der Waals surface area contributed by atoms with E-state index in [0.717, 1.165) is 25.0 Å². The van der Waals surface area contributed by atoms with Gasteiger partial charge >= 0.3 is 0 Å². The van der Waals surface area contributed by atoms with Gasteiger partial charge in [-0.05, 0) is 30.9 Å². The molecule has 5 heteroatoms. The van der Waals surface area contributed by atoms with Crippen molar-refractivity contribution in [3.8, 4) is 5.75 Å². The van der Waals surface area contributed by atoms with Gasteiger partial charge in [0.1, 0.15) is 0 Å². The molecule has 19 heavy (non-hydrogen) atoms. The predicted molar refractivity (Wildman–Crippen MR) is 70.4 cm³/mol. The molecule has 2 heterocycles. The number of ether oxygens (including phenoxy) is 1. The number of hydrogen-bond donors (Lipinski definition) is 1. The third-order valence-corrected chi connectivity index (χ3v) is 3.57. The van der Waals surface area contributed by atoms with Crippen LogP contribution in [0.5, 0.6) is 5.75 Å². The summed E-state index contributed by atoms with van der Waals surface area (Å²) in [5.41, 5.74) is 2.70. The van der Waals surface area contributed by atoms with Crippen LogP contribution in [-0.4, -0.2) is 22.1 Å². The number of nitrogens with one attached hydrogen (secondary N) is 1. The molecule has 0 saturated heterocycles. The normalized spacial score (nSPS) is 17.8. The number of aryl methyl sites for hydroxylation is 1. The molecular formula is C14H15N3O2. The summed E-state index contributed by atoms with van der Waals surface area (Å²) in [6, 6.07) is 4.04. The number of H-pyrrole nitrogens is 1. The Bertz CT molecular complexity index is 651. The van der Waals surface area contributed by atoms with E-state index >= 15 is 0 Å². The molecule has 1 N–H and O–H groups in total. The summed E-state index contributed by atoms with van der Waals surface area (Å²) in [4.78, 5) is 23.1. The lowest BCUT2D eigenvalue weighted by Gasteiger charge is -2.24.